The van der Waals surface area contributed by atoms with Gasteiger partial charge >= 0.3 is 0 Å². The van der Waals surface area contributed by atoms with Crippen molar-refractivity contribution >= 4 is 11.6 Å². The molecule has 0 aromatic carbocycles. The number of rotatable bonds is 5. The molecule has 6 nitrogen and oxygen atoms in total. The van der Waals surface area contributed by atoms with Crippen LogP contribution in [0.15, 0.2) is 18.3 Å². The molecule has 21 heavy (non-hydrogen) atoms. The minimum Gasteiger partial charge on any atom is -0.481 e. The highest BCUT2D eigenvalue weighted by Gasteiger charge is 2.21. The van der Waals surface area contributed by atoms with Crippen molar-refractivity contribution in [1.82, 2.24) is 14.8 Å². The Morgan fingerprint density at radius 2 is 2.14 bits per heavy atom. The average molecular weight is 292 g/mol. The largest absolute Gasteiger partial charge is 0.481 e. The van der Waals surface area contributed by atoms with Crippen LogP contribution < -0.4 is 10.1 Å². The van der Waals surface area contributed by atoms with Gasteiger partial charge in [0.25, 0.3) is 0 Å². The minimum absolute atomic E-state index is 0.167. The Balaban J connectivity index is 1.77. The molecule has 0 saturated carbocycles. The number of nitrogens with zero attached hydrogens (tertiary/aromatic N) is 3. The quantitative estimate of drug-likeness (QED) is 0.879. The molecule has 2 heterocycles. The number of hydrogen-bond acceptors (Lipinski definition) is 5. The summed E-state index contributed by atoms with van der Waals surface area (Å²) in [6, 6.07) is 4.27. The topological polar surface area (TPSA) is 57.7 Å². The van der Waals surface area contributed by atoms with E-state index in [2.05, 4.69) is 15.2 Å². The number of aromatic nitrogens is 1. The fourth-order valence-electron chi connectivity index (χ4n) is 2.39. The number of piperidine rings is 1. The molecule has 1 saturated heterocycles. The van der Waals surface area contributed by atoms with E-state index in [-0.39, 0.29) is 5.91 Å². The number of carbonyl (C=O) groups is 1. The minimum atomic E-state index is 0.167. The first-order valence-corrected chi connectivity index (χ1v) is 7.27. The number of ether oxygens (including phenoxy) is 1. The van der Waals surface area contributed by atoms with Crippen molar-refractivity contribution in [3.05, 3.63) is 18.3 Å². The van der Waals surface area contributed by atoms with E-state index in [1.165, 1.54) is 0 Å². The second-order valence-electron chi connectivity index (χ2n) is 5.57. The smallest absolute Gasteiger partial charge is 0.236 e. The first-order valence-electron chi connectivity index (χ1n) is 7.27. The first kappa shape index (κ1) is 15.6. The zero-order valence-electron chi connectivity index (χ0n) is 13.0. The lowest BCUT2D eigenvalue weighted by atomic mass is 10.0. The van der Waals surface area contributed by atoms with Crippen molar-refractivity contribution in [2.24, 2.45) is 0 Å². The van der Waals surface area contributed by atoms with Crippen molar-refractivity contribution < 1.29 is 9.53 Å². The number of likely N-dealkylation sites (N-methyl/N-ethyl adjacent to an activating group) is 1. The molecule has 1 N–H and O–H groups in total. The van der Waals surface area contributed by atoms with Crippen LogP contribution in [0.25, 0.3) is 0 Å². The summed E-state index contributed by atoms with van der Waals surface area (Å²) in [5.41, 5.74) is 1.01. The van der Waals surface area contributed by atoms with E-state index < -0.39 is 0 Å². The van der Waals surface area contributed by atoms with Gasteiger partial charge in [0.2, 0.25) is 11.8 Å². The molecule has 1 aromatic rings. The van der Waals surface area contributed by atoms with Gasteiger partial charge in [-0.25, -0.2) is 4.98 Å². The molecule has 0 bridgehead atoms. The zero-order chi connectivity index (χ0) is 15.2. The fourth-order valence-corrected chi connectivity index (χ4v) is 2.39. The summed E-state index contributed by atoms with van der Waals surface area (Å²) in [4.78, 5) is 19.7. The number of amides is 1. The van der Waals surface area contributed by atoms with Gasteiger partial charge in [0.15, 0.2) is 0 Å². The highest BCUT2D eigenvalue weighted by molar-refractivity contribution is 5.77. The number of anilines is 1. The molecule has 1 fully saturated rings. The third kappa shape index (κ3) is 4.60. The Morgan fingerprint density at radius 3 is 2.67 bits per heavy atom. The molecule has 6 heteroatoms. The van der Waals surface area contributed by atoms with Crippen LogP contribution in [0.3, 0.4) is 0 Å². The SMILES string of the molecule is COc1ccc(NC2CCN(CC(=O)N(C)C)CC2)cn1. The lowest BCUT2D eigenvalue weighted by Crippen LogP contribution is -2.43. The van der Waals surface area contributed by atoms with Crippen molar-refractivity contribution in [2.75, 3.05) is 46.2 Å². The van der Waals surface area contributed by atoms with Crippen molar-refractivity contribution in [2.45, 2.75) is 18.9 Å². The third-order valence-corrected chi connectivity index (χ3v) is 3.76. The van der Waals surface area contributed by atoms with E-state index >= 15 is 0 Å². The maximum absolute atomic E-state index is 11.7. The van der Waals surface area contributed by atoms with Crippen LogP contribution in [0.4, 0.5) is 5.69 Å². The lowest BCUT2D eigenvalue weighted by Gasteiger charge is -2.32. The Bertz CT molecular complexity index is 453. The Hall–Kier alpha value is -1.82. The van der Waals surface area contributed by atoms with Gasteiger partial charge in [-0.05, 0) is 18.9 Å². The molecule has 2 rings (SSSR count). The molecule has 1 aliphatic rings. The van der Waals surface area contributed by atoms with Gasteiger partial charge in [-0.15, -0.1) is 0 Å². The number of methoxy groups -OCH3 is 1. The van der Waals surface area contributed by atoms with Crippen LogP contribution in [0, 0.1) is 0 Å². The Morgan fingerprint density at radius 1 is 1.43 bits per heavy atom. The van der Waals surface area contributed by atoms with Gasteiger partial charge in [0.1, 0.15) is 0 Å². The predicted octanol–water partition coefficient (Wildman–Crippen LogP) is 1.05. The molecule has 1 amide bonds. The summed E-state index contributed by atoms with van der Waals surface area (Å²) in [5.74, 6) is 0.790. The van der Waals surface area contributed by atoms with Gasteiger partial charge in [-0.1, -0.05) is 0 Å². The normalized spacial score (nSPS) is 16.5. The summed E-state index contributed by atoms with van der Waals surface area (Å²) in [7, 11) is 5.21. The van der Waals surface area contributed by atoms with Crippen LogP contribution in [-0.4, -0.2) is 67.6 Å². The summed E-state index contributed by atoms with van der Waals surface area (Å²) in [6.45, 7) is 2.41. The molecule has 0 atom stereocenters. The van der Waals surface area contributed by atoms with Crippen LogP contribution in [0.1, 0.15) is 12.8 Å². The van der Waals surface area contributed by atoms with E-state index in [9.17, 15) is 4.79 Å². The monoisotopic (exact) mass is 292 g/mol. The lowest BCUT2D eigenvalue weighted by molar-refractivity contribution is -0.130. The average Bonchev–Trinajstić information content (AvgIpc) is 2.50. The number of carbonyl (C=O) groups excluding carboxylic acids is 1. The molecule has 0 spiro atoms. The zero-order valence-corrected chi connectivity index (χ0v) is 13.0. The van der Waals surface area contributed by atoms with Gasteiger partial charge in [-0.3, -0.25) is 9.69 Å². The van der Waals surface area contributed by atoms with E-state index in [0.717, 1.165) is 31.6 Å². The van der Waals surface area contributed by atoms with Crippen molar-refractivity contribution in [3.8, 4) is 5.88 Å². The molecule has 0 aliphatic carbocycles. The second kappa shape index (κ2) is 7.26. The second-order valence-corrected chi connectivity index (χ2v) is 5.57. The molecule has 1 aromatic heterocycles. The van der Waals surface area contributed by atoms with Gasteiger partial charge < -0.3 is 15.0 Å². The molecule has 116 valence electrons. The highest BCUT2D eigenvalue weighted by Crippen LogP contribution is 2.17. The summed E-state index contributed by atoms with van der Waals surface area (Å²) in [6.07, 6.45) is 3.86. The van der Waals surface area contributed by atoms with Gasteiger partial charge in [0, 0.05) is 39.3 Å². The van der Waals surface area contributed by atoms with E-state index in [1.54, 1.807) is 32.3 Å². The Labute approximate surface area is 126 Å². The van der Waals surface area contributed by atoms with E-state index in [0.29, 0.717) is 18.5 Å². The summed E-state index contributed by atoms with van der Waals surface area (Å²) >= 11 is 0. The summed E-state index contributed by atoms with van der Waals surface area (Å²) < 4.78 is 5.05. The van der Waals surface area contributed by atoms with Crippen LogP contribution >= 0.6 is 0 Å². The standard InChI is InChI=1S/C15H24N4O2/c1-18(2)15(20)11-19-8-6-12(7-9-19)17-13-4-5-14(21-3)16-10-13/h4-5,10,12,17H,6-9,11H2,1-3H3. The van der Waals surface area contributed by atoms with E-state index in [1.807, 2.05) is 12.1 Å². The van der Waals surface area contributed by atoms with Gasteiger partial charge in [0.05, 0.1) is 25.5 Å². The fraction of sp³-hybridized carbons (Fsp3) is 0.600. The van der Waals surface area contributed by atoms with Gasteiger partial charge in [-0.2, -0.15) is 0 Å². The maximum Gasteiger partial charge on any atom is 0.236 e. The molecule has 1 aliphatic heterocycles. The van der Waals surface area contributed by atoms with Crippen LogP contribution in [0.5, 0.6) is 5.88 Å². The molecular weight excluding hydrogens is 268 g/mol. The first-order chi connectivity index (χ1) is 10.1. The maximum atomic E-state index is 11.7. The number of likely N-dealkylation sites (tertiary alicyclic amines) is 1. The highest BCUT2D eigenvalue weighted by atomic mass is 16.5. The molecule has 0 unspecified atom stereocenters. The summed E-state index contributed by atoms with van der Waals surface area (Å²) in [5, 5.41) is 3.49. The number of nitrogens with one attached hydrogen (secondary N) is 1. The number of hydrogen-bond donors (Lipinski definition) is 1. The van der Waals surface area contributed by atoms with Crippen molar-refractivity contribution in [1.29, 1.82) is 0 Å². The van der Waals surface area contributed by atoms with E-state index in [4.69, 9.17) is 4.74 Å². The Kier molecular flexibility index (Phi) is 5.38. The number of pyridine rings is 1. The third-order valence-electron chi connectivity index (χ3n) is 3.76. The van der Waals surface area contributed by atoms with Crippen LogP contribution in [-0.2, 0) is 4.79 Å². The van der Waals surface area contributed by atoms with Crippen molar-refractivity contribution in [3.63, 3.8) is 0 Å². The molecular formula is C15H24N4O2. The predicted molar refractivity (Wildman–Crippen MR) is 82.6 cm³/mol. The van der Waals surface area contributed by atoms with Crippen LogP contribution in [0.2, 0.25) is 0 Å². The molecule has 0 radical (unpaired) electrons.